The summed E-state index contributed by atoms with van der Waals surface area (Å²) in [4.78, 5) is 4.56. The van der Waals surface area contributed by atoms with Crippen LogP contribution in [0.1, 0.15) is 25.0 Å². The summed E-state index contributed by atoms with van der Waals surface area (Å²) in [6, 6.07) is 6.36. The summed E-state index contributed by atoms with van der Waals surface area (Å²) in [7, 11) is 3.58. The first kappa shape index (κ1) is 25.1. The van der Waals surface area contributed by atoms with Crippen molar-refractivity contribution >= 4 is 29.9 Å². The van der Waals surface area contributed by atoms with Crippen LogP contribution in [0.4, 0.5) is 4.39 Å². The third-order valence-electron chi connectivity index (χ3n) is 4.10. The first-order valence-electron chi connectivity index (χ1n) is 9.28. The molecule has 0 fully saturated rings. The van der Waals surface area contributed by atoms with Gasteiger partial charge < -0.3 is 24.7 Å². The number of aryl methyl sites for hydroxylation is 1. The maximum absolute atomic E-state index is 13.7. The van der Waals surface area contributed by atoms with Gasteiger partial charge in [0.25, 0.3) is 0 Å². The van der Waals surface area contributed by atoms with Crippen LogP contribution in [0.15, 0.2) is 29.3 Å². The van der Waals surface area contributed by atoms with E-state index in [1.54, 1.807) is 25.3 Å². The molecule has 1 unspecified atom stereocenters. The summed E-state index contributed by atoms with van der Waals surface area (Å²) in [6.07, 6.45) is 0.599. The van der Waals surface area contributed by atoms with Crippen molar-refractivity contribution in [3.05, 3.63) is 41.7 Å². The lowest BCUT2D eigenvalue weighted by Gasteiger charge is -2.18. The number of hydrogen-bond acceptors (Lipinski definition) is 5. The monoisotopic (exact) mass is 520 g/mol. The van der Waals surface area contributed by atoms with Crippen LogP contribution in [0.25, 0.3) is 0 Å². The van der Waals surface area contributed by atoms with Crippen molar-refractivity contribution in [2.24, 2.45) is 12.0 Å². The van der Waals surface area contributed by atoms with E-state index in [2.05, 4.69) is 25.8 Å². The average Bonchev–Trinajstić information content (AvgIpc) is 3.00. The molecule has 1 aromatic carbocycles. The lowest BCUT2D eigenvalue weighted by atomic mass is 10.3. The Labute approximate surface area is 188 Å². The molecular weight excluding hydrogens is 490 g/mol. The van der Waals surface area contributed by atoms with Crippen molar-refractivity contribution in [1.82, 2.24) is 25.4 Å². The number of ether oxygens (including phenoxy) is 2. The number of aliphatic imine (C=N–C) groups is 1. The van der Waals surface area contributed by atoms with Crippen LogP contribution in [-0.2, 0) is 18.3 Å². The quantitative estimate of drug-likeness (QED) is 0.217. The number of nitrogens with one attached hydrogen (secondary N) is 2. The van der Waals surface area contributed by atoms with Crippen molar-refractivity contribution in [2.75, 3.05) is 26.8 Å². The van der Waals surface area contributed by atoms with Gasteiger partial charge in [-0.2, -0.15) is 0 Å². The molecule has 0 aliphatic carbocycles. The van der Waals surface area contributed by atoms with Gasteiger partial charge in [-0.3, -0.25) is 0 Å². The van der Waals surface area contributed by atoms with Gasteiger partial charge in [-0.25, -0.2) is 9.38 Å². The lowest BCUT2D eigenvalue weighted by Crippen LogP contribution is -2.42. The summed E-state index contributed by atoms with van der Waals surface area (Å²) < 4.78 is 26.4. The standard InChI is InChI=1S/C19H29FN6O2.HI/c1-14(28-17-9-6-5-8-16(17)20)12-22-19(21-10-7-11-27-4)23-13-18-25-24-15(2)26(18)3;/h5-6,8-9,14H,7,10-13H2,1-4H3,(H2,21,22,23);1H. The summed E-state index contributed by atoms with van der Waals surface area (Å²) in [5.41, 5.74) is 0. The second kappa shape index (κ2) is 13.3. The van der Waals surface area contributed by atoms with Crippen LogP contribution < -0.4 is 15.4 Å². The first-order valence-corrected chi connectivity index (χ1v) is 9.28. The Morgan fingerprint density at radius 2 is 2.03 bits per heavy atom. The summed E-state index contributed by atoms with van der Waals surface area (Å²) in [6.45, 7) is 5.98. The highest BCUT2D eigenvalue weighted by atomic mass is 127. The molecule has 0 radical (unpaired) electrons. The van der Waals surface area contributed by atoms with Crippen LogP contribution >= 0.6 is 24.0 Å². The fraction of sp³-hybridized carbons (Fsp3) is 0.526. The molecule has 1 aromatic heterocycles. The van der Waals surface area contributed by atoms with Gasteiger partial charge in [0.05, 0.1) is 6.54 Å². The zero-order chi connectivity index (χ0) is 20.4. The molecule has 2 rings (SSSR count). The van der Waals surface area contributed by atoms with E-state index in [4.69, 9.17) is 9.47 Å². The Kier molecular flexibility index (Phi) is 11.5. The van der Waals surface area contributed by atoms with Crippen LogP contribution in [0.5, 0.6) is 5.75 Å². The molecule has 162 valence electrons. The highest BCUT2D eigenvalue weighted by Gasteiger charge is 2.10. The highest BCUT2D eigenvalue weighted by molar-refractivity contribution is 14.0. The van der Waals surface area contributed by atoms with Gasteiger partial charge in [0.15, 0.2) is 23.4 Å². The molecule has 0 aliphatic rings. The van der Waals surface area contributed by atoms with E-state index in [1.165, 1.54) is 6.07 Å². The minimum Gasteiger partial charge on any atom is -0.486 e. The molecule has 0 saturated heterocycles. The predicted molar refractivity (Wildman–Crippen MR) is 121 cm³/mol. The molecule has 0 spiro atoms. The summed E-state index contributed by atoms with van der Waals surface area (Å²) >= 11 is 0. The minimum atomic E-state index is -0.376. The molecule has 2 aromatic rings. The van der Waals surface area contributed by atoms with E-state index < -0.39 is 0 Å². The van der Waals surface area contributed by atoms with E-state index in [0.29, 0.717) is 32.2 Å². The second-order valence-electron chi connectivity index (χ2n) is 6.40. The number of guanidine groups is 1. The third kappa shape index (κ3) is 8.52. The fourth-order valence-corrected chi connectivity index (χ4v) is 2.38. The number of benzene rings is 1. The van der Waals surface area contributed by atoms with Gasteiger partial charge in [-0.1, -0.05) is 12.1 Å². The lowest BCUT2D eigenvalue weighted by molar-refractivity contribution is 0.195. The molecule has 1 atom stereocenters. The van der Waals surface area contributed by atoms with Crippen molar-refractivity contribution in [2.45, 2.75) is 32.9 Å². The molecule has 10 heteroatoms. The number of rotatable bonds is 10. The number of halogens is 2. The topological polar surface area (TPSA) is 85.6 Å². The number of hydrogen-bond donors (Lipinski definition) is 2. The van der Waals surface area contributed by atoms with Crippen molar-refractivity contribution in [3.63, 3.8) is 0 Å². The van der Waals surface area contributed by atoms with Crippen molar-refractivity contribution in [1.29, 1.82) is 0 Å². The first-order chi connectivity index (χ1) is 13.5. The Hall–Kier alpha value is -1.95. The zero-order valence-corrected chi connectivity index (χ0v) is 19.6. The second-order valence-corrected chi connectivity index (χ2v) is 6.40. The maximum atomic E-state index is 13.7. The van der Waals surface area contributed by atoms with Crippen LogP contribution in [0.3, 0.4) is 0 Å². The van der Waals surface area contributed by atoms with Gasteiger partial charge >= 0.3 is 0 Å². The van der Waals surface area contributed by atoms with Gasteiger partial charge in [0, 0.05) is 27.3 Å². The van der Waals surface area contributed by atoms with E-state index in [1.807, 2.05) is 25.5 Å². The van der Waals surface area contributed by atoms with E-state index in [0.717, 1.165) is 18.1 Å². The molecule has 1 heterocycles. The minimum absolute atomic E-state index is 0. The molecule has 0 saturated carbocycles. The average molecular weight is 520 g/mol. The Morgan fingerprint density at radius 3 is 2.69 bits per heavy atom. The Balaban J connectivity index is 0.00000420. The van der Waals surface area contributed by atoms with Gasteiger partial charge in [0.2, 0.25) is 0 Å². The van der Waals surface area contributed by atoms with Crippen LogP contribution in [0, 0.1) is 12.7 Å². The third-order valence-corrected chi connectivity index (χ3v) is 4.10. The van der Waals surface area contributed by atoms with Gasteiger partial charge in [-0.05, 0) is 32.4 Å². The molecule has 8 nitrogen and oxygen atoms in total. The van der Waals surface area contributed by atoms with E-state index >= 15 is 0 Å². The molecular formula is C19H30FIN6O2. The largest absolute Gasteiger partial charge is 0.486 e. The Bertz CT molecular complexity index is 771. The van der Waals surface area contributed by atoms with E-state index in [-0.39, 0.29) is 41.6 Å². The number of methoxy groups -OCH3 is 1. The van der Waals surface area contributed by atoms with Crippen LogP contribution in [-0.4, -0.2) is 53.6 Å². The van der Waals surface area contributed by atoms with Crippen LogP contribution in [0.2, 0.25) is 0 Å². The Morgan fingerprint density at radius 1 is 1.28 bits per heavy atom. The smallest absolute Gasteiger partial charge is 0.191 e. The van der Waals surface area contributed by atoms with Crippen molar-refractivity contribution in [3.8, 4) is 5.75 Å². The SMILES string of the molecule is COCCCNC(=NCc1nnc(C)n1C)NCC(C)Oc1ccccc1F.I. The van der Waals surface area contributed by atoms with Gasteiger partial charge in [-0.15, -0.1) is 34.2 Å². The zero-order valence-electron chi connectivity index (χ0n) is 17.3. The summed E-state index contributed by atoms with van der Waals surface area (Å²) in [5.74, 6) is 2.09. The normalized spacial score (nSPS) is 12.2. The van der Waals surface area contributed by atoms with Crippen molar-refractivity contribution < 1.29 is 13.9 Å². The molecule has 2 N–H and O–H groups in total. The summed E-state index contributed by atoms with van der Waals surface area (Å²) in [5, 5.41) is 14.6. The molecule has 0 bridgehead atoms. The van der Waals surface area contributed by atoms with Gasteiger partial charge in [0.1, 0.15) is 18.5 Å². The van der Waals surface area contributed by atoms with E-state index in [9.17, 15) is 4.39 Å². The fourth-order valence-electron chi connectivity index (χ4n) is 2.38. The number of para-hydroxylation sites is 1. The molecule has 0 amide bonds. The highest BCUT2D eigenvalue weighted by Crippen LogP contribution is 2.16. The maximum Gasteiger partial charge on any atom is 0.191 e. The predicted octanol–water partition coefficient (Wildman–Crippen LogP) is 2.42. The number of nitrogens with zero attached hydrogens (tertiary/aromatic N) is 4. The molecule has 29 heavy (non-hydrogen) atoms. The molecule has 0 aliphatic heterocycles. The number of aromatic nitrogens is 3.